The summed E-state index contributed by atoms with van der Waals surface area (Å²) in [4.78, 5) is 16.8. The number of hydrogen-bond acceptors (Lipinski definition) is 5. The summed E-state index contributed by atoms with van der Waals surface area (Å²) in [6.45, 7) is 4.07. The monoisotopic (exact) mass is 445 g/mol. The van der Waals surface area contributed by atoms with Crippen molar-refractivity contribution in [1.29, 1.82) is 0 Å². The fraction of sp³-hybridized carbons (Fsp3) is 0.120. The molecule has 0 atom stereocenters. The number of carbonyl (C=O) groups excluding carboxylic acids is 1. The van der Waals surface area contributed by atoms with Crippen LogP contribution < -0.4 is 11.1 Å². The molecule has 4 rings (SSSR count). The smallest absolute Gasteiger partial charge is 0.252 e. The number of anilines is 2. The number of fused-ring (bicyclic) bond motifs is 1. The first-order chi connectivity index (χ1) is 15.1. The molecule has 4 aromatic rings. The topological polar surface area (TPSA) is 102 Å². The van der Waals surface area contributed by atoms with E-state index in [1.165, 1.54) is 18.0 Å². The Kier molecular flexibility index (Phi) is 5.44. The second-order valence-electron chi connectivity index (χ2n) is 7.86. The number of aromatic nitrogens is 1. The number of nitrogens with two attached hydrogens (primary N) is 1. The minimum Gasteiger partial charge on any atom is -0.365 e. The van der Waals surface area contributed by atoms with Gasteiger partial charge in [0.2, 0.25) is 0 Å². The average molecular weight is 446 g/mol. The lowest BCUT2D eigenvalue weighted by Gasteiger charge is -2.15. The lowest BCUT2D eigenvalue weighted by Crippen LogP contribution is -2.14. The van der Waals surface area contributed by atoms with Gasteiger partial charge in [-0.1, -0.05) is 30.3 Å². The number of pyridine rings is 1. The van der Waals surface area contributed by atoms with Crippen molar-refractivity contribution in [2.75, 3.05) is 11.6 Å². The van der Waals surface area contributed by atoms with E-state index in [0.717, 1.165) is 27.8 Å². The Hall–Kier alpha value is -3.71. The van der Waals surface area contributed by atoms with Crippen molar-refractivity contribution in [3.8, 4) is 11.1 Å². The SMILES string of the molecule is Cc1ccc(Nc2c(C(N)=O)cnc3cc(-c4ccc(S(C)(=O)=O)cc4)ccc23)cc1C. The molecule has 6 nitrogen and oxygen atoms in total. The van der Waals surface area contributed by atoms with Crippen molar-refractivity contribution in [1.82, 2.24) is 4.98 Å². The van der Waals surface area contributed by atoms with Gasteiger partial charge in [-0.25, -0.2) is 8.42 Å². The van der Waals surface area contributed by atoms with Crippen molar-refractivity contribution in [2.45, 2.75) is 18.7 Å². The van der Waals surface area contributed by atoms with E-state index in [-0.39, 0.29) is 4.90 Å². The summed E-state index contributed by atoms with van der Waals surface area (Å²) in [5.41, 5.74) is 12.1. The Morgan fingerprint density at radius 1 is 0.906 bits per heavy atom. The van der Waals surface area contributed by atoms with Gasteiger partial charge in [-0.3, -0.25) is 9.78 Å². The second-order valence-corrected chi connectivity index (χ2v) is 9.88. The van der Waals surface area contributed by atoms with Gasteiger partial charge in [-0.2, -0.15) is 0 Å². The molecule has 3 N–H and O–H groups in total. The number of rotatable bonds is 5. The highest BCUT2D eigenvalue weighted by atomic mass is 32.2. The molecule has 0 fully saturated rings. The van der Waals surface area contributed by atoms with Crippen molar-refractivity contribution >= 4 is 38.0 Å². The van der Waals surface area contributed by atoms with Gasteiger partial charge in [-0.15, -0.1) is 0 Å². The fourth-order valence-electron chi connectivity index (χ4n) is 3.55. The van der Waals surface area contributed by atoms with E-state index < -0.39 is 15.7 Å². The van der Waals surface area contributed by atoms with Crippen LogP contribution in [0.3, 0.4) is 0 Å². The summed E-state index contributed by atoms with van der Waals surface area (Å²) in [6.07, 6.45) is 2.66. The summed E-state index contributed by atoms with van der Waals surface area (Å²) < 4.78 is 23.4. The van der Waals surface area contributed by atoms with Crippen molar-refractivity contribution in [3.63, 3.8) is 0 Å². The number of benzene rings is 3. The molecule has 1 aromatic heterocycles. The van der Waals surface area contributed by atoms with Gasteiger partial charge in [0.15, 0.2) is 9.84 Å². The molecule has 0 radical (unpaired) electrons. The number of amides is 1. The molecule has 0 bridgehead atoms. The van der Waals surface area contributed by atoms with Crippen molar-refractivity contribution in [2.24, 2.45) is 5.73 Å². The molecule has 0 unspecified atom stereocenters. The molecule has 0 aliphatic heterocycles. The third kappa shape index (κ3) is 4.20. The van der Waals surface area contributed by atoms with E-state index in [0.29, 0.717) is 16.8 Å². The minimum atomic E-state index is -3.25. The predicted octanol–water partition coefficient (Wildman–Crippen LogP) is 4.76. The first kappa shape index (κ1) is 21.5. The van der Waals surface area contributed by atoms with Crippen LogP contribution in [0.4, 0.5) is 11.4 Å². The van der Waals surface area contributed by atoms with Crippen LogP contribution in [0.5, 0.6) is 0 Å². The van der Waals surface area contributed by atoms with E-state index in [1.807, 2.05) is 50.2 Å². The molecule has 32 heavy (non-hydrogen) atoms. The Morgan fingerprint density at radius 3 is 2.22 bits per heavy atom. The molecular weight excluding hydrogens is 422 g/mol. The summed E-state index contributed by atoms with van der Waals surface area (Å²) in [5.74, 6) is -0.564. The van der Waals surface area contributed by atoms with Gasteiger partial charge in [0.05, 0.1) is 21.7 Å². The summed E-state index contributed by atoms with van der Waals surface area (Å²) in [5, 5.41) is 4.10. The molecule has 1 amide bonds. The van der Waals surface area contributed by atoms with E-state index in [2.05, 4.69) is 10.3 Å². The van der Waals surface area contributed by atoms with Crippen LogP contribution >= 0.6 is 0 Å². The maximum Gasteiger partial charge on any atom is 0.252 e. The summed E-state index contributed by atoms with van der Waals surface area (Å²) >= 11 is 0. The summed E-state index contributed by atoms with van der Waals surface area (Å²) in [6, 6.07) is 18.4. The molecule has 0 spiro atoms. The molecular formula is C25H23N3O3S. The second kappa shape index (κ2) is 8.09. The number of primary amides is 1. The number of aryl methyl sites for hydroxylation is 2. The average Bonchev–Trinajstić information content (AvgIpc) is 2.75. The van der Waals surface area contributed by atoms with E-state index in [4.69, 9.17) is 5.73 Å². The third-order valence-corrected chi connectivity index (χ3v) is 6.66. The highest BCUT2D eigenvalue weighted by Crippen LogP contribution is 2.32. The molecule has 3 aromatic carbocycles. The lowest BCUT2D eigenvalue weighted by atomic mass is 10.0. The molecule has 162 valence electrons. The van der Waals surface area contributed by atoms with Crippen LogP contribution in [-0.4, -0.2) is 25.6 Å². The van der Waals surface area contributed by atoms with Gasteiger partial charge in [0, 0.05) is 23.5 Å². The maximum atomic E-state index is 12.1. The maximum absolute atomic E-state index is 12.1. The number of hydrogen-bond donors (Lipinski definition) is 2. The molecule has 0 saturated heterocycles. The quantitative estimate of drug-likeness (QED) is 0.461. The first-order valence-electron chi connectivity index (χ1n) is 10.0. The number of carbonyl (C=O) groups is 1. The molecule has 7 heteroatoms. The highest BCUT2D eigenvalue weighted by Gasteiger charge is 2.15. The normalized spacial score (nSPS) is 11.5. The predicted molar refractivity (Wildman–Crippen MR) is 128 cm³/mol. The highest BCUT2D eigenvalue weighted by molar-refractivity contribution is 7.90. The molecule has 0 aliphatic carbocycles. The molecule has 0 saturated carbocycles. The van der Waals surface area contributed by atoms with Crippen LogP contribution in [0.25, 0.3) is 22.0 Å². The van der Waals surface area contributed by atoms with E-state index in [9.17, 15) is 13.2 Å². The minimum absolute atomic E-state index is 0.270. The van der Waals surface area contributed by atoms with Gasteiger partial charge in [-0.05, 0) is 66.4 Å². The zero-order chi connectivity index (χ0) is 23.0. The van der Waals surface area contributed by atoms with Crippen molar-refractivity contribution < 1.29 is 13.2 Å². The van der Waals surface area contributed by atoms with Crippen molar-refractivity contribution in [3.05, 3.63) is 83.6 Å². The zero-order valence-electron chi connectivity index (χ0n) is 18.0. The standard InChI is InChI=1S/C25H23N3O3S/c1-15-4-8-19(12-16(15)2)28-24-21-11-7-18(13-23(21)27-14-22(24)25(26)29)17-5-9-20(10-6-17)32(3,30)31/h4-14H,1-3H3,(H2,26,29)(H,27,28). The van der Waals surface area contributed by atoms with Crippen LogP contribution in [0, 0.1) is 13.8 Å². The van der Waals surface area contributed by atoms with Crippen LogP contribution in [-0.2, 0) is 9.84 Å². The number of nitrogens with zero attached hydrogens (tertiary/aromatic N) is 1. The zero-order valence-corrected chi connectivity index (χ0v) is 18.8. The lowest BCUT2D eigenvalue weighted by molar-refractivity contribution is 0.100. The van der Waals surface area contributed by atoms with E-state index in [1.54, 1.807) is 24.3 Å². The number of nitrogens with one attached hydrogen (secondary N) is 1. The third-order valence-electron chi connectivity index (χ3n) is 5.53. The van der Waals surface area contributed by atoms with Crippen LogP contribution in [0.2, 0.25) is 0 Å². The fourth-order valence-corrected chi connectivity index (χ4v) is 4.18. The van der Waals surface area contributed by atoms with Gasteiger partial charge >= 0.3 is 0 Å². The van der Waals surface area contributed by atoms with Gasteiger partial charge in [0.1, 0.15) is 0 Å². The Morgan fingerprint density at radius 2 is 1.59 bits per heavy atom. The molecule has 0 aliphatic rings. The number of sulfone groups is 1. The molecule has 1 heterocycles. The first-order valence-corrected chi connectivity index (χ1v) is 11.9. The Balaban J connectivity index is 1.80. The Bertz CT molecular complexity index is 1460. The van der Waals surface area contributed by atoms with E-state index >= 15 is 0 Å². The largest absolute Gasteiger partial charge is 0.365 e. The van der Waals surface area contributed by atoms with Gasteiger partial charge in [0.25, 0.3) is 5.91 Å². The van der Waals surface area contributed by atoms with Gasteiger partial charge < -0.3 is 11.1 Å². The van der Waals surface area contributed by atoms with Crippen LogP contribution in [0.15, 0.2) is 71.8 Å². The summed E-state index contributed by atoms with van der Waals surface area (Å²) in [7, 11) is -3.25. The van der Waals surface area contributed by atoms with Crippen LogP contribution in [0.1, 0.15) is 21.5 Å². The Labute approximate surface area is 187 Å².